The Morgan fingerprint density at radius 1 is 1.23 bits per heavy atom. The summed E-state index contributed by atoms with van der Waals surface area (Å²) < 4.78 is 26.6. The lowest BCUT2D eigenvalue weighted by Crippen LogP contribution is -2.56. The number of hydrogen-bond donors (Lipinski definition) is 1. The van der Waals surface area contributed by atoms with E-state index in [2.05, 4.69) is 38.1 Å². The summed E-state index contributed by atoms with van der Waals surface area (Å²) in [5.74, 6) is 0.484. The van der Waals surface area contributed by atoms with E-state index in [0.29, 0.717) is 29.8 Å². The number of nitrogens with zero attached hydrogens (tertiary/aromatic N) is 5. The summed E-state index contributed by atoms with van der Waals surface area (Å²) in [6.45, 7) is 3.61. The summed E-state index contributed by atoms with van der Waals surface area (Å²) in [4.78, 5) is 9.16. The van der Waals surface area contributed by atoms with Gasteiger partial charge in [-0.15, -0.1) is 0 Å². The van der Waals surface area contributed by atoms with Crippen LogP contribution in [0, 0.1) is 17.1 Å². The Kier molecular flexibility index (Phi) is 5.04. The van der Waals surface area contributed by atoms with Gasteiger partial charge in [0.1, 0.15) is 29.9 Å². The van der Waals surface area contributed by atoms with Crippen molar-refractivity contribution in [3.63, 3.8) is 0 Å². The lowest BCUT2D eigenvalue weighted by molar-refractivity contribution is 0.188. The fourth-order valence-electron chi connectivity index (χ4n) is 5.00. The molecule has 1 unspecified atom stereocenters. The second-order valence-corrected chi connectivity index (χ2v) is 8.91. The predicted molar refractivity (Wildman–Crippen MR) is 130 cm³/mol. The van der Waals surface area contributed by atoms with E-state index in [1.165, 1.54) is 13.2 Å². The van der Waals surface area contributed by atoms with Crippen LogP contribution in [0.25, 0.3) is 33.4 Å². The number of halogens is 1. The summed E-state index contributed by atoms with van der Waals surface area (Å²) in [6, 6.07) is 13.1. The van der Waals surface area contributed by atoms with Crippen molar-refractivity contribution in [3.05, 3.63) is 54.0 Å². The molecule has 6 rings (SSSR count). The first kappa shape index (κ1) is 21.4. The van der Waals surface area contributed by atoms with Gasteiger partial charge in [0.15, 0.2) is 5.82 Å². The third-order valence-electron chi connectivity index (χ3n) is 6.81. The van der Waals surface area contributed by atoms with Crippen LogP contribution in [-0.2, 0) is 0 Å². The molecule has 0 bridgehead atoms. The van der Waals surface area contributed by atoms with Crippen LogP contribution in [0.15, 0.2) is 42.6 Å². The van der Waals surface area contributed by atoms with E-state index in [1.54, 1.807) is 18.3 Å². The number of rotatable bonds is 3. The SMILES string of the molecule is COc1ccc(C#N)c(F)c1-c1cc2c(-c3ccc4c(c3)OCC3CN(C)CCN43)n[nH]c2cn1. The molecule has 0 radical (unpaired) electrons. The second kappa shape index (κ2) is 8.25. The second-order valence-electron chi connectivity index (χ2n) is 8.91. The molecule has 1 fully saturated rings. The van der Waals surface area contributed by atoms with Gasteiger partial charge in [-0.05, 0) is 37.4 Å². The Hall–Kier alpha value is -4.16. The molecule has 0 saturated carbocycles. The number of benzene rings is 2. The number of fused-ring (bicyclic) bond motifs is 4. The molecule has 2 aromatic carbocycles. The third kappa shape index (κ3) is 3.45. The number of methoxy groups -OCH3 is 1. The standard InChI is InChI=1S/C26H23FN6O2/c1-32-7-8-33-17(13-32)14-35-23-9-15(3-5-21(23)33)26-18-10-19(29-12-20(18)30-31-26)24-22(34-2)6-4-16(11-28)25(24)27/h3-6,9-10,12,17H,7-8,13-14H2,1-2H3,(H,30,31). The Morgan fingerprint density at radius 3 is 2.94 bits per heavy atom. The van der Waals surface area contributed by atoms with Crippen LogP contribution in [0.4, 0.5) is 10.1 Å². The van der Waals surface area contributed by atoms with Crippen LogP contribution in [0.1, 0.15) is 5.56 Å². The highest BCUT2D eigenvalue weighted by Gasteiger charge is 2.32. The minimum absolute atomic E-state index is 0.0656. The van der Waals surface area contributed by atoms with Gasteiger partial charge in [-0.2, -0.15) is 10.4 Å². The topological polar surface area (TPSA) is 90.3 Å². The van der Waals surface area contributed by atoms with E-state index in [-0.39, 0.29) is 11.1 Å². The molecule has 9 heteroatoms. The first-order chi connectivity index (χ1) is 17.1. The van der Waals surface area contributed by atoms with Crippen LogP contribution in [-0.4, -0.2) is 66.5 Å². The molecule has 2 aliphatic heterocycles. The predicted octanol–water partition coefficient (Wildman–Crippen LogP) is 3.82. The van der Waals surface area contributed by atoms with Crippen molar-refractivity contribution >= 4 is 16.6 Å². The molecule has 8 nitrogen and oxygen atoms in total. The molecule has 2 aliphatic rings. The average Bonchev–Trinajstić information content (AvgIpc) is 3.31. The zero-order valence-corrected chi connectivity index (χ0v) is 19.4. The van der Waals surface area contributed by atoms with Crippen molar-refractivity contribution in [2.75, 3.05) is 45.3 Å². The molecule has 1 atom stereocenters. The smallest absolute Gasteiger partial charge is 0.154 e. The third-order valence-corrected chi connectivity index (χ3v) is 6.81. The fourth-order valence-corrected chi connectivity index (χ4v) is 5.00. The van der Waals surface area contributed by atoms with Gasteiger partial charge < -0.3 is 19.3 Å². The van der Waals surface area contributed by atoms with Gasteiger partial charge in [-0.3, -0.25) is 10.1 Å². The number of aromatic nitrogens is 3. The molecule has 0 amide bonds. The van der Waals surface area contributed by atoms with E-state index < -0.39 is 5.82 Å². The molecule has 1 saturated heterocycles. The van der Waals surface area contributed by atoms with Crippen molar-refractivity contribution < 1.29 is 13.9 Å². The van der Waals surface area contributed by atoms with Crippen LogP contribution in [0.2, 0.25) is 0 Å². The van der Waals surface area contributed by atoms with Gasteiger partial charge in [0.05, 0.1) is 47.4 Å². The minimum Gasteiger partial charge on any atom is -0.496 e. The van der Waals surface area contributed by atoms with Gasteiger partial charge in [0.25, 0.3) is 0 Å². The van der Waals surface area contributed by atoms with E-state index in [4.69, 9.17) is 9.47 Å². The number of H-pyrrole nitrogens is 1. The van der Waals surface area contributed by atoms with Crippen molar-refractivity contribution in [2.45, 2.75) is 6.04 Å². The molecule has 35 heavy (non-hydrogen) atoms. The van der Waals surface area contributed by atoms with E-state index in [9.17, 15) is 5.26 Å². The maximum Gasteiger partial charge on any atom is 0.154 e. The Balaban J connectivity index is 1.43. The lowest BCUT2D eigenvalue weighted by atomic mass is 10.0. The zero-order valence-electron chi connectivity index (χ0n) is 19.4. The van der Waals surface area contributed by atoms with E-state index >= 15 is 4.39 Å². The summed E-state index contributed by atoms with van der Waals surface area (Å²) in [5.41, 5.74) is 3.86. The van der Waals surface area contributed by atoms with Gasteiger partial charge >= 0.3 is 0 Å². The molecule has 176 valence electrons. The van der Waals surface area contributed by atoms with Crippen molar-refractivity contribution in [2.24, 2.45) is 0 Å². The highest BCUT2D eigenvalue weighted by molar-refractivity contribution is 5.95. The minimum atomic E-state index is -0.660. The Labute approximate surface area is 201 Å². The normalized spacial score (nSPS) is 17.4. The average molecular weight is 471 g/mol. The summed E-state index contributed by atoms with van der Waals surface area (Å²) >= 11 is 0. The number of ether oxygens (including phenoxy) is 2. The van der Waals surface area contributed by atoms with Crippen LogP contribution in [0.3, 0.4) is 0 Å². The molecule has 0 spiro atoms. The van der Waals surface area contributed by atoms with Crippen LogP contribution < -0.4 is 14.4 Å². The number of likely N-dealkylation sites (N-methyl/N-ethyl adjacent to an activating group) is 1. The van der Waals surface area contributed by atoms with Crippen LogP contribution >= 0.6 is 0 Å². The van der Waals surface area contributed by atoms with Gasteiger partial charge in [0, 0.05) is 30.6 Å². The highest BCUT2D eigenvalue weighted by Crippen LogP contribution is 2.40. The first-order valence-electron chi connectivity index (χ1n) is 11.4. The Bertz CT molecular complexity index is 1490. The van der Waals surface area contributed by atoms with E-state index in [1.807, 2.05) is 18.2 Å². The number of aromatic amines is 1. The molecule has 1 N–H and O–H groups in total. The van der Waals surface area contributed by atoms with Crippen LogP contribution in [0.5, 0.6) is 11.5 Å². The molecular formula is C26H23FN6O2. The largest absolute Gasteiger partial charge is 0.496 e. The summed E-state index contributed by atoms with van der Waals surface area (Å²) in [6.07, 6.45) is 1.61. The lowest BCUT2D eigenvalue weighted by Gasteiger charge is -2.44. The van der Waals surface area contributed by atoms with Gasteiger partial charge in [-0.1, -0.05) is 6.07 Å². The number of nitrogens with one attached hydrogen (secondary N) is 1. The summed E-state index contributed by atoms with van der Waals surface area (Å²) in [7, 11) is 3.60. The highest BCUT2D eigenvalue weighted by atomic mass is 19.1. The molecule has 4 heterocycles. The van der Waals surface area contributed by atoms with E-state index in [0.717, 1.165) is 47.5 Å². The fraction of sp³-hybridized carbons (Fsp3) is 0.269. The monoisotopic (exact) mass is 470 g/mol. The van der Waals surface area contributed by atoms with Crippen molar-refractivity contribution in [1.82, 2.24) is 20.1 Å². The van der Waals surface area contributed by atoms with Crippen molar-refractivity contribution in [3.8, 4) is 40.1 Å². The van der Waals surface area contributed by atoms with Gasteiger partial charge in [-0.25, -0.2) is 4.39 Å². The Morgan fingerprint density at radius 2 is 2.11 bits per heavy atom. The molecular weight excluding hydrogens is 447 g/mol. The first-order valence-corrected chi connectivity index (χ1v) is 11.4. The quantitative estimate of drug-likeness (QED) is 0.487. The summed E-state index contributed by atoms with van der Waals surface area (Å²) in [5, 5.41) is 17.6. The van der Waals surface area contributed by atoms with Crippen molar-refractivity contribution in [1.29, 1.82) is 5.26 Å². The molecule has 0 aliphatic carbocycles. The number of nitriles is 1. The molecule has 4 aromatic rings. The number of piperazine rings is 1. The van der Waals surface area contributed by atoms with Gasteiger partial charge in [0.2, 0.25) is 0 Å². The molecule has 2 aromatic heterocycles. The maximum atomic E-state index is 15.1. The maximum absolute atomic E-state index is 15.1. The zero-order chi connectivity index (χ0) is 24.1. The number of hydrogen-bond acceptors (Lipinski definition) is 7. The number of pyridine rings is 1. The number of anilines is 1.